The lowest BCUT2D eigenvalue weighted by Gasteiger charge is -2.37. The van der Waals surface area contributed by atoms with Crippen LogP contribution in [0.4, 0.5) is 23.2 Å². The lowest BCUT2D eigenvalue weighted by Crippen LogP contribution is -2.48. The molecule has 0 atom stereocenters. The second-order valence-corrected chi connectivity index (χ2v) is 9.22. The van der Waals surface area contributed by atoms with Crippen molar-refractivity contribution in [2.45, 2.75) is 18.9 Å². The van der Waals surface area contributed by atoms with Crippen LogP contribution >= 0.6 is 0 Å². The molecule has 0 saturated carbocycles. The highest BCUT2D eigenvalue weighted by atomic mass is 19.4. The number of hydrogen-bond acceptors (Lipinski definition) is 5. The molecule has 12 heteroatoms. The van der Waals surface area contributed by atoms with Crippen LogP contribution < -0.4 is 10.6 Å². The standard InChI is InChI=1S/C26H21F4N7O/c1-35-14-21(26(28,29)30)33-23(35)16-8-6-15(7-9-16)11-37-24-19(32-25(37)38)10-31-22(34-24)18-4-2-3-5-20(18)36-12-17(27)13-36/h2-10,14,17H,11-13H2,1H3,(H,32,38). The number of aromatic nitrogens is 6. The number of H-pyrrole nitrogens is 1. The van der Waals surface area contributed by atoms with E-state index in [2.05, 4.69) is 19.9 Å². The van der Waals surface area contributed by atoms with Gasteiger partial charge in [0, 0.05) is 30.1 Å². The topological polar surface area (TPSA) is 84.6 Å². The number of fused-ring (bicyclic) bond motifs is 1. The molecule has 1 saturated heterocycles. The highest BCUT2D eigenvalue weighted by Gasteiger charge is 2.34. The Bertz CT molecular complexity index is 1700. The summed E-state index contributed by atoms with van der Waals surface area (Å²) in [6, 6.07) is 14.3. The van der Waals surface area contributed by atoms with Crippen LogP contribution in [0.3, 0.4) is 0 Å². The fourth-order valence-electron chi connectivity index (χ4n) is 4.60. The maximum Gasteiger partial charge on any atom is 0.434 e. The normalized spacial score (nSPS) is 14.3. The average molecular weight is 523 g/mol. The minimum absolute atomic E-state index is 0.182. The van der Waals surface area contributed by atoms with E-state index in [0.717, 1.165) is 23.0 Å². The molecule has 0 bridgehead atoms. The Morgan fingerprint density at radius 2 is 1.79 bits per heavy atom. The Labute approximate surface area is 213 Å². The fraction of sp³-hybridized carbons (Fsp3) is 0.231. The van der Waals surface area contributed by atoms with Crippen molar-refractivity contribution in [1.82, 2.24) is 29.1 Å². The molecule has 194 valence electrons. The number of rotatable bonds is 5. The van der Waals surface area contributed by atoms with Gasteiger partial charge in [-0.05, 0) is 17.7 Å². The lowest BCUT2D eigenvalue weighted by atomic mass is 10.1. The summed E-state index contributed by atoms with van der Waals surface area (Å²) in [7, 11) is 1.50. The molecule has 0 amide bonds. The molecule has 4 heterocycles. The van der Waals surface area contributed by atoms with Crippen molar-refractivity contribution in [3.8, 4) is 22.8 Å². The summed E-state index contributed by atoms with van der Waals surface area (Å²) in [5.74, 6) is 0.597. The highest BCUT2D eigenvalue weighted by Crippen LogP contribution is 2.33. The molecule has 0 radical (unpaired) electrons. The second-order valence-electron chi connectivity index (χ2n) is 9.22. The number of benzene rings is 2. The Balaban J connectivity index is 1.31. The van der Waals surface area contributed by atoms with Crippen molar-refractivity contribution in [2.24, 2.45) is 7.05 Å². The molecule has 2 aromatic carbocycles. The zero-order valence-corrected chi connectivity index (χ0v) is 20.1. The average Bonchev–Trinajstić information content (AvgIpc) is 3.42. The number of aryl methyl sites for hydroxylation is 1. The number of hydrogen-bond donors (Lipinski definition) is 1. The number of anilines is 1. The summed E-state index contributed by atoms with van der Waals surface area (Å²) >= 11 is 0. The van der Waals surface area contributed by atoms with Gasteiger partial charge in [0.1, 0.15) is 17.5 Å². The third-order valence-corrected chi connectivity index (χ3v) is 6.55. The first-order chi connectivity index (χ1) is 18.2. The van der Waals surface area contributed by atoms with Crippen LogP contribution in [0, 0.1) is 0 Å². The molecular formula is C26H21F4N7O. The van der Waals surface area contributed by atoms with Gasteiger partial charge in [-0.3, -0.25) is 4.57 Å². The third-order valence-electron chi connectivity index (χ3n) is 6.55. The quantitative estimate of drug-likeness (QED) is 0.345. The number of halogens is 4. The molecule has 1 aliphatic heterocycles. The summed E-state index contributed by atoms with van der Waals surface area (Å²) in [6.45, 7) is 0.793. The van der Waals surface area contributed by atoms with Gasteiger partial charge in [0.05, 0.1) is 25.8 Å². The maximum atomic E-state index is 13.5. The Hall–Kier alpha value is -4.48. The van der Waals surface area contributed by atoms with Crippen LogP contribution in [-0.2, 0) is 19.8 Å². The van der Waals surface area contributed by atoms with Crippen LogP contribution in [-0.4, -0.2) is 48.3 Å². The number of nitrogens with zero attached hydrogens (tertiary/aromatic N) is 6. The summed E-state index contributed by atoms with van der Waals surface area (Å²) < 4.78 is 55.4. The molecule has 0 aliphatic carbocycles. The second kappa shape index (κ2) is 8.82. The van der Waals surface area contributed by atoms with E-state index in [1.54, 1.807) is 30.5 Å². The van der Waals surface area contributed by atoms with E-state index in [1.807, 2.05) is 29.2 Å². The lowest BCUT2D eigenvalue weighted by molar-refractivity contribution is -0.140. The molecule has 1 N–H and O–H groups in total. The zero-order valence-electron chi connectivity index (χ0n) is 20.1. The summed E-state index contributed by atoms with van der Waals surface area (Å²) in [5, 5.41) is 0. The molecule has 0 spiro atoms. The molecular weight excluding hydrogens is 502 g/mol. The van der Waals surface area contributed by atoms with Crippen molar-refractivity contribution in [3.05, 3.63) is 82.7 Å². The smallest absolute Gasteiger partial charge is 0.365 e. The van der Waals surface area contributed by atoms with Crippen LogP contribution in [0.25, 0.3) is 33.9 Å². The molecule has 1 aliphatic rings. The Kier molecular flexibility index (Phi) is 5.55. The molecule has 6 rings (SSSR count). The van der Waals surface area contributed by atoms with E-state index < -0.39 is 18.0 Å². The zero-order chi connectivity index (χ0) is 26.6. The number of aromatic amines is 1. The molecule has 5 aromatic rings. The first kappa shape index (κ1) is 23.9. The fourth-order valence-corrected chi connectivity index (χ4v) is 4.60. The van der Waals surface area contributed by atoms with Gasteiger partial charge in [0.25, 0.3) is 0 Å². The van der Waals surface area contributed by atoms with Gasteiger partial charge >= 0.3 is 11.9 Å². The van der Waals surface area contributed by atoms with Gasteiger partial charge in [-0.25, -0.2) is 24.1 Å². The predicted octanol–water partition coefficient (Wildman–Crippen LogP) is 4.41. The van der Waals surface area contributed by atoms with Crippen molar-refractivity contribution < 1.29 is 17.6 Å². The molecule has 3 aromatic heterocycles. The Morgan fingerprint density at radius 3 is 2.47 bits per heavy atom. The summed E-state index contributed by atoms with van der Waals surface area (Å²) in [5.41, 5.74) is 2.37. The van der Waals surface area contributed by atoms with Crippen LogP contribution in [0.1, 0.15) is 11.3 Å². The van der Waals surface area contributed by atoms with Gasteiger partial charge in [-0.1, -0.05) is 36.4 Å². The molecule has 38 heavy (non-hydrogen) atoms. The van der Waals surface area contributed by atoms with Crippen molar-refractivity contribution >= 4 is 16.9 Å². The molecule has 1 fully saturated rings. The summed E-state index contributed by atoms with van der Waals surface area (Å²) in [6.07, 6.45) is -2.90. The highest BCUT2D eigenvalue weighted by molar-refractivity contribution is 5.79. The molecule has 0 unspecified atom stereocenters. The number of para-hydroxylation sites is 1. The van der Waals surface area contributed by atoms with Gasteiger partial charge in [-0.2, -0.15) is 13.2 Å². The first-order valence-electron chi connectivity index (χ1n) is 11.8. The van der Waals surface area contributed by atoms with E-state index in [9.17, 15) is 22.4 Å². The predicted molar refractivity (Wildman–Crippen MR) is 133 cm³/mol. The number of imidazole rings is 2. The number of nitrogens with one attached hydrogen (secondary N) is 1. The van der Waals surface area contributed by atoms with Crippen LogP contribution in [0.15, 0.2) is 65.7 Å². The van der Waals surface area contributed by atoms with Crippen molar-refractivity contribution in [2.75, 3.05) is 18.0 Å². The van der Waals surface area contributed by atoms with Crippen LogP contribution in [0.5, 0.6) is 0 Å². The third kappa shape index (κ3) is 4.21. The van der Waals surface area contributed by atoms with Gasteiger partial charge < -0.3 is 14.5 Å². The van der Waals surface area contributed by atoms with Gasteiger partial charge in [-0.15, -0.1) is 0 Å². The first-order valence-corrected chi connectivity index (χ1v) is 11.8. The Morgan fingerprint density at radius 1 is 1.05 bits per heavy atom. The van der Waals surface area contributed by atoms with Crippen LogP contribution in [0.2, 0.25) is 0 Å². The largest absolute Gasteiger partial charge is 0.434 e. The monoisotopic (exact) mass is 523 g/mol. The van der Waals surface area contributed by atoms with Gasteiger partial charge in [0.15, 0.2) is 17.2 Å². The van der Waals surface area contributed by atoms with Crippen molar-refractivity contribution in [3.63, 3.8) is 0 Å². The van der Waals surface area contributed by atoms with E-state index >= 15 is 0 Å². The van der Waals surface area contributed by atoms with E-state index in [0.29, 0.717) is 35.6 Å². The minimum Gasteiger partial charge on any atom is -0.365 e. The van der Waals surface area contributed by atoms with Gasteiger partial charge in [0.2, 0.25) is 0 Å². The van der Waals surface area contributed by atoms with E-state index in [1.165, 1.54) is 16.2 Å². The van der Waals surface area contributed by atoms with E-state index in [4.69, 9.17) is 0 Å². The molecule has 8 nitrogen and oxygen atoms in total. The van der Waals surface area contributed by atoms with E-state index in [-0.39, 0.29) is 18.1 Å². The minimum atomic E-state index is -4.53. The number of alkyl halides is 4. The SMILES string of the molecule is Cn1cc(C(F)(F)F)nc1-c1ccc(Cn2c(=O)[nH]c3cnc(-c4ccccc4N4CC(F)C4)nc32)cc1. The maximum absolute atomic E-state index is 13.5. The van der Waals surface area contributed by atoms with Crippen molar-refractivity contribution in [1.29, 1.82) is 0 Å². The summed E-state index contributed by atoms with van der Waals surface area (Å²) in [4.78, 5) is 30.2.